The average molecular weight is 382 g/mol. The van der Waals surface area contributed by atoms with Gasteiger partial charge in [-0.15, -0.1) is 11.3 Å². The van der Waals surface area contributed by atoms with Gasteiger partial charge in [0.05, 0.1) is 26.1 Å². The van der Waals surface area contributed by atoms with E-state index in [0.717, 1.165) is 22.1 Å². The first kappa shape index (κ1) is 18.9. The minimum atomic E-state index is 0.700. The van der Waals surface area contributed by atoms with Crippen molar-refractivity contribution in [2.75, 3.05) is 19.6 Å². The maximum Gasteiger partial charge on any atom is 0.203 e. The molecule has 0 aliphatic rings. The van der Waals surface area contributed by atoms with E-state index in [4.69, 9.17) is 9.47 Å². The van der Waals surface area contributed by atoms with Crippen molar-refractivity contribution in [1.82, 2.24) is 4.98 Å². The second-order valence-electron chi connectivity index (χ2n) is 6.29. The van der Waals surface area contributed by atoms with Crippen molar-refractivity contribution in [2.24, 2.45) is 5.10 Å². The molecule has 140 valence electrons. The molecule has 1 heterocycles. The highest BCUT2D eigenvalue weighted by Crippen LogP contribution is 2.31. The molecule has 1 N–H and O–H groups in total. The molecule has 0 bridgehead atoms. The minimum Gasteiger partial charge on any atom is -0.497 e. The van der Waals surface area contributed by atoms with Gasteiger partial charge < -0.3 is 9.47 Å². The number of thiazole rings is 1. The molecule has 27 heavy (non-hydrogen) atoms. The number of aromatic nitrogens is 1. The molecule has 0 fully saturated rings. The number of nitrogens with one attached hydrogen (secondary N) is 1. The summed E-state index contributed by atoms with van der Waals surface area (Å²) in [6, 6.07) is 9.96. The summed E-state index contributed by atoms with van der Waals surface area (Å²) in [6.45, 7) is 6.35. The zero-order valence-corrected chi connectivity index (χ0v) is 17.0. The molecule has 2 aromatic carbocycles. The number of methoxy groups -OCH3 is 2. The molecule has 6 heteroatoms. The number of nitrogens with zero attached hydrogens (tertiary/aromatic N) is 2. The first-order valence-electron chi connectivity index (χ1n) is 8.56. The summed E-state index contributed by atoms with van der Waals surface area (Å²) in [5.41, 5.74) is 9.74. The molecule has 3 aromatic rings. The summed E-state index contributed by atoms with van der Waals surface area (Å²) in [5, 5.41) is 7.09. The number of hydrogen-bond acceptors (Lipinski definition) is 6. The number of aryl methyl sites for hydroxylation is 3. The maximum atomic E-state index is 5.38. The Morgan fingerprint density at radius 3 is 2.44 bits per heavy atom. The highest BCUT2D eigenvalue weighted by atomic mass is 32.1. The van der Waals surface area contributed by atoms with Crippen molar-refractivity contribution < 1.29 is 9.47 Å². The fraction of sp³-hybridized carbons (Fsp3) is 0.238. The van der Waals surface area contributed by atoms with Gasteiger partial charge in [0.1, 0.15) is 11.5 Å². The van der Waals surface area contributed by atoms with Crippen LogP contribution in [0.3, 0.4) is 0 Å². The summed E-state index contributed by atoms with van der Waals surface area (Å²) < 4.78 is 10.6. The molecule has 5 nitrogen and oxygen atoms in total. The number of hydrazone groups is 1. The number of rotatable bonds is 6. The maximum absolute atomic E-state index is 5.38. The predicted octanol–water partition coefficient (Wildman–Crippen LogP) is 5.20. The Bertz CT molecular complexity index is 956. The van der Waals surface area contributed by atoms with Crippen molar-refractivity contribution >= 4 is 22.7 Å². The van der Waals surface area contributed by atoms with Gasteiger partial charge in [-0.1, -0.05) is 17.7 Å². The molecular formula is C21H23N3O2S. The van der Waals surface area contributed by atoms with Crippen LogP contribution in [0.2, 0.25) is 0 Å². The van der Waals surface area contributed by atoms with Crippen LogP contribution >= 0.6 is 11.3 Å². The Kier molecular flexibility index (Phi) is 5.76. The molecule has 0 unspecified atom stereocenters. The molecule has 0 aliphatic heterocycles. The van der Waals surface area contributed by atoms with Crippen LogP contribution in [-0.4, -0.2) is 25.4 Å². The summed E-state index contributed by atoms with van der Waals surface area (Å²) in [5.74, 6) is 1.44. The Morgan fingerprint density at radius 1 is 1.04 bits per heavy atom. The third-order valence-corrected chi connectivity index (χ3v) is 4.99. The van der Waals surface area contributed by atoms with Gasteiger partial charge in [-0.25, -0.2) is 4.98 Å². The van der Waals surface area contributed by atoms with Crippen molar-refractivity contribution in [3.05, 3.63) is 58.0 Å². The largest absolute Gasteiger partial charge is 0.497 e. The van der Waals surface area contributed by atoms with Crippen LogP contribution in [0.1, 0.15) is 22.3 Å². The Labute approximate surface area is 163 Å². The molecule has 0 saturated carbocycles. The number of anilines is 1. The lowest BCUT2D eigenvalue weighted by Crippen LogP contribution is -1.95. The standard InChI is InChI=1S/C21H23N3O2S/c1-13-8-14(2)20(15(3)9-13)18-12-27-21(23-18)24-22-11-16-6-7-17(25-4)10-19(16)26-5/h6-12H,1-5H3,(H,23,24)/b22-11-. The lowest BCUT2D eigenvalue weighted by molar-refractivity contribution is 0.394. The molecule has 0 atom stereocenters. The van der Waals surface area contributed by atoms with Gasteiger partial charge in [0, 0.05) is 22.6 Å². The lowest BCUT2D eigenvalue weighted by Gasteiger charge is -2.08. The molecule has 0 saturated heterocycles. The van der Waals surface area contributed by atoms with Gasteiger partial charge in [0.25, 0.3) is 0 Å². The molecular weight excluding hydrogens is 358 g/mol. The number of benzene rings is 2. The minimum absolute atomic E-state index is 0.700. The fourth-order valence-corrected chi connectivity index (χ4v) is 3.76. The predicted molar refractivity (Wildman–Crippen MR) is 113 cm³/mol. The Balaban J connectivity index is 1.77. The van der Waals surface area contributed by atoms with E-state index in [1.807, 2.05) is 18.2 Å². The Morgan fingerprint density at radius 2 is 1.78 bits per heavy atom. The topological polar surface area (TPSA) is 55.7 Å². The molecule has 1 aromatic heterocycles. The van der Waals surface area contributed by atoms with Crippen LogP contribution in [-0.2, 0) is 0 Å². The summed E-state index contributed by atoms with van der Waals surface area (Å²) >= 11 is 1.53. The van der Waals surface area contributed by atoms with Gasteiger partial charge in [-0.2, -0.15) is 5.10 Å². The average Bonchev–Trinajstić information content (AvgIpc) is 3.09. The van der Waals surface area contributed by atoms with Gasteiger partial charge in [0.15, 0.2) is 0 Å². The second kappa shape index (κ2) is 8.22. The van der Waals surface area contributed by atoms with Crippen LogP contribution in [0.5, 0.6) is 11.5 Å². The zero-order valence-electron chi connectivity index (χ0n) is 16.2. The van der Waals surface area contributed by atoms with E-state index < -0.39 is 0 Å². The molecule has 3 rings (SSSR count). The summed E-state index contributed by atoms with van der Waals surface area (Å²) in [4.78, 5) is 4.68. The van der Waals surface area contributed by atoms with Crippen LogP contribution in [0.4, 0.5) is 5.13 Å². The molecule has 0 amide bonds. The highest BCUT2D eigenvalue weighted by molar-refractivity contribution is 7.14. The third kappa shape index (κ3) is 4.28. The molecule has 0 aliphatic carbocycles. The van der Waals surface area contributed by atoms with Crippen LogP contribution in [0.15, 0.2) is 40.8 Å². The normalized spacial score (nSPS) is 11.0. The first-order valence-corrected chi connectivity index (χ1v) is 9.44. The van der Waals surface area contributed by atoms with Crippen LogP contribution in [0, 0.1) is 20.8 Å². The summed E-state index contributed by atoms with van der Waals surface area (Å²) in [7, 11) is 3.25. The third-order valence-electron chi connectivity index (χ3n) is 4.24. The van der Waals surface area contributed by atoms with Gasteiger partial charge >= 0.3 is 0 Å². The van der Waals surface area contributed by atoms with Gasteiger partial charge in [-0.3, -0.25) is 5.43 Å². The molecule has 0 spiro atoms. The zero-order chi connectivity index (χ0) is 19.4. The number of ether oxygens (including phenoxy) is 2. The second-order valence-corrected chi connectivity index (χ2v) is 7.15. The summed E-state index contributed by atoms with van der Waals surface area (Å²) in [6.07, 6.45) is 1.71. The van der Waals surface area contributed by atoms with Crippen LogP contribution < -0.4 is 14.9 Å². The lowest BCUT2D eigenvalue weighted by atomic mass is 9.98. The van der Waals surface area contributed by atoms with Crippen molar-refractivity contribution in [2.45, 2.75) is 20.8 Å². The Hall–Kier alpha value is -2.86. The number of hydrogen-bond donors (Lipinski definition) is 1. The van der Waals surface area contributed by atoms with E-state index >= 15 is 0 Å². The van der Waals surface area contributed by atoms with Gasteiger partial charge in [-0.05, 0) is 44.0 Å². The smallest absolute Gasteiger partial charge is 0.203 e. The van der Waals surface area contributed by atoms with E-state index in [-0.39, 0.29) is 0 Å². The SMILES string of the molecule is COc1ccc(/C=N\Nc2nc(-c3c(C)cc(C)cc3C)cs2)c(OC)c1. The quantitative estimate of drug-likeness (QED) is 0.471. The van der Waals surface area contributed by atoms with E-state index in [1.165, 1.54) is 33.6 Å². The fourth-order valence-electron chi connectivity index (χ4n) is 3.11. The van der Waals surface area contributed by atoms with E-state index in [9.17, 15) is 0 Å². The van der Waals surface area contributed by atoms with Gasteiger partial charge in [0.2, 0.25) is 5.13 Å². The van der Waals surface area contributed by atoms with Crippen molar-refractivity contribution in [3.63, 3.8) is 0 Å². The monoisotopic (exact) mass is 381 g/mol. The van der Waals surface area contributed by atoms with Crippen molar-refractivity contribution in [1.29, 1.82) is 0 Å². The molecule has 0 radical (unpaired) electrons. The van der Waals surface area contributed by atoms with E-state index in [0.29, 0.717) is 5.75 Å². The van der Waals surface area contributed by atoms with E-state index in [1.54, 1.807) is 20.4 Å². The van der Waals surface area contributed by atoms with E-state index in [2.05, 4.69) is 53.8 Å². The van der Waals surface area contributed by atoms with Crippen molar-refractivity contribution in [3.8, 4) is 22.8 Å². The first-order chi connectivity index (χ1) is 13.0. The highest BCUT2D eigenvalue weighted by Gasteiger charge is 2.10. The van der Waals surface area contributed by atoms with Crippen LogP contribution in [0.25, 0.3) is 11.3 Å².